The molecule has 1 aromatic carbocycles. The van der Waals surface area contributed by atoms with Crippen molar-refractivity contribution in [1.29, 1.82) is 0 Å². The molecular formula is C25H32ClN3O8. The number of ether oxygens (including phenoxy) is 3. The van der Waals surface area contributed by atoms with E-state index in [1.807, 2.05) is 0 Å². The fourth-order valence-electron chi connectivity index (χ4n) is 4.04. The lowest BCUT2D eigenvalue weighted by molar-refractivity contribution is -0.136. The zero-order valence-electron chi connectivity index (χ0n) is 20.6. The topological polar surface area (TPSA) is 140 Å². The van der Waals surface area contributed by atoms with E-state index in [9.17, 15) is 24.0 Å². The number of nitrogens with one attached hydrogen (secondary N) is 2. The predicted molar refractivity (Wildman–Crippen MR) is 132 cm³/mol. The van der Waals surface area contributed by atoms with Crippen molar-refractivity contribution in [3.63, 3.8) is 0 Å². The molecule has 11 nitrogen and oxygen atoms in total. The van der Waals surface area contributed by atoms with Crippen molar-refractivity contribution >= 4 is 41.1 Å². The summed E-state index contributed by atoms with van der Waals surface area (Å²) >= 11 is 5.63. The number of benzene rings is 1. The van der Waals surface area contributed by atoms with E-state index >= 15 is 0 Å². The molecular weight excluding hydrogens is 506 g/mol. The number of rotatable bonds is 16. The summed E-state index contributed by atoms with van der Waals surface area (Å²) in [6, 6.07) is 3.39. The van der Waals surface area contributed by atoms with Gasteiger partial charge in [-0.25, -0.2) is 0 Å². The summed E-state index contributed by atoms with van der Waals surface area (Å²) in [5, 5.41) is 4.80. The van der Waals surface area contributed by atoms with Gasteiger partial charge < -0.3 is 19.5 Å². The van der Waals surface area contributed by atoms with Gasteiger partial charge in [0.25, 0.3) is 17.7 Å². The summed E-state index contributed by atoms with van der Waals surface area (Å²) in [7, 11) is 0. The van der Waals surface area contributed by atoms with Crippen LogP contribution in [0.3, 0.4) is 0 Å². The zero-order chi connectivity index (χ0) is 26.6. The van der Waals surface area contributed by atoms with Gasteiger partial charge in [0.1, 0.15) is 11.8 Å². The quantitative estimate of drug-likeness (QED) is 0.183. The predicted octanol–water partition coefficient (Wildman–Crippen LogP) is 1.42. The van der Waals surface area contributed by atoms with E-state index in [-0.39, 0.29) is 42.9 Å². The lowest BCUT2D eigenvalue weighted by Gasteiger charge is -2.27. The van der Waals surface area contributed by atoms with Crippen LogP contribution in [0.2, 0.25) is 0 Å². The van der Waals surface area contributed by atoms with Crippen LogP contribution in [0, 0.1) is 0 Å². The lowest BCUT2D eigenvalue weighted by Crippen LogP contribution is -2.54. The highest BCUT2D eigenvalue weighted by Crippen LogP contribution is 2.33. The molecule has 2 aliphatic heterocycles. The van der Waals surface area contributed by atoms with E-state index in [1.165, 1.54) is 18.2 Å². The number of fused-ring (bicyclic) bond motifs is 1. The third kappa shape index (κ3) is 7.98. The molecule has 5 amide bonds. The Morgan fingerprint density at radius 1 is 1.00 bits per heavy atom. The Kier molecular flexibility index (Phi) is 11.3. The van der Waals surface area contributed by atoms with Gasteiger partial charge in [0, 0.05) is 25.5 Å². The molecule has 0 saturated carbocycles. The second-order valence-electron chi connectivity index (χ2n) is 8.59. The minimum Gasteiger partial charge on any atom is -0.483 e. The van der Waals surface area contributed by atoms with Crippen LogP contribution in [0.15, 0.2) is 18.2 Å². The third-order valence-electron chi connectivity index (χ3n) is 5.90. The van der Waals surface area contributed by atoms with E-state index in [1.54, 1.807) is 0 Å². The van der Waals surface area contributed by atoms with Crippen molar-refractivity contribution in [1.82, 2.24) is 15.5 Å². The first-order chi connectivity index (χ1) is 17.9. The second-order valence-corrected chi connectivity index (χ2v) is 8.97. The lowest BCUT2D eigenvalue weighted by atomic mass is 10.0. The number of piperidine rings is 1. The van der Waals surface area contributed by atoms with Gasteiger partial charge in [-0.3, -0.25) is 34.2 Å². The van der Waals surface area contributed by atoms with Crippen LogP contribution >= 0.6 is 11.6 Å². The van der Waals surface area contributed by atoms with Crippen LogP contribution < -0.4 is 15.4 Å². The number of carbonyl (C=O) groups is 5. The largest absolute Gasteiger partial charge is 0.483 e. The van der Waals surface area contributed by atoms with Crippen molar-refractivity contribution in [2.45, 2.75) is 44.6 Å². The molecule has 2 aliphatic rings. The summed E-state index contributed by atoms with van der Waals surface area (Å²) < 4.78 is 16.4. The molecule has 202 valence electrons. The van der Waals surface area contributed by atoms with E-state index < -0.39 is 35.6 Å². The molecule has 12 heteroatoms. The molecule has 2 N–H and O–H groups in total. The Morgan fingerprint density at radius 2 is 1.76 bits per heavy atom. The normalized spacial score (nSPS) is 17.1. The van der Waals surface area contributed by atoms with Gasteiger partial charge >= 0.3 is 0 Å². The maximum atomic E-state index is 13.0. The van der Waals surface area contributed by atoms with Gasteiger partial charge in [-0.1, -0.05) is 18.9 Å². The molecule has 1 aromatic rings. The monoisotopic (exact) mass is 537 g/mol. The SMILES string of the molecule is O=C(COc1cccc2c1C(=O)N(C1CCC(=O)NC1=O)C2=O)NCCOCCOCCCCCCCl. The Bertz CT molecular complexity index is 1000. The number of hydrogen-bond acceptors (Lipinski definition) is 8. The number of unbranched alkanes of at least 4 members (excludes halogenated alkanes) is 3. The van der Waals surface area contributed by atoms with Gasteiger partial charge in [-0.15, -0.1) is 11.6 Å². The average molecular weight is 538 g/mol. The smallest absolute Gasteiger partial charge is 0.266 e. The average Bonchev–Trinajstić information content (AvgIpc) is 3.13. The number of amides is 5. The van der Waals surface area contributed by atoms with Gasteiger partial charge in [0.15, 0.2) is 6.61 Å². The van der Waals surface area contributed by atoms with E-state index in [0.717, 1.165) is 30.6 Å². The Balaban J connectivity index is 1.37. The zero-order valence-corrected chi connectivity index (χ0v) is 21.3. The highest BCUT2D eigenvalue weighted by atomic mass is 35.5. The number of halogens is 1. The first-order valence-corrected chi connectivity index (χ1v) is 12.9. The van der Waals surface area contributed by atoms with Gasteiger partial charge in [-0.05, 0) is 31.4 Å². The van der Waals surface area contributed by atoms with Crippen molar-refractivity contribution in [3.05, 3.63) is 29.3 Å². The number of imide groups is 2. The van der Waals surface area contributed by atoms with Gasteiger partial charge in [0.05, 0.1) is 30.9 Å². The van der Waals surface area contributed by atoms with Crippen molar-refractivity contribution in [3.8, 4) is 5.75 Å². The summed E-state index contributed by atoms with van der Waals surface area (Å²) in [4.78, 5) is 62.5. The maximum absolute atomic E-state index is 13.0. The number of alkyl halides is 1. The highest BCUT2D eigenvalue weighted by molar-refractivity contribution is 6.24. The Hall–Kier alpha value is -3.02. The van der Waals surface area contributed by atoms with Crippen LogP contribution in [-0.2, 0) is 23.9 Å². The number of hydrogen-bond donors (Lipinski definition) is 2. The third-order valence-corrected chi connectivity index (χ3v) is 6.17. The molecule has 2 heterocycles. The fourth-order valence-corrected chi connectivity index (χ4v) is 4.22. The van der Waals surface area contributed by atoms with Crippen LogP contribution in [0.5, 0.6) is 5.75 Å². The molecule has 1 atom stereocenters. The summed E-state index contributed by atoms with van der Waals surface area (Å²) in [5.41, 5.74) is 0.0749. The maximum Gasteiger partial charge on any atom is 0.266 e. The number of carbonyl (C=O) groups excluding carboxylic acids is 5. The van der Waals surface area contributed by atoms with Crippen molar-refractivity contribution < 1.29 is 38.2 Å². The molecule has 3 rings (SSSR count). The van der Waals surface area contributed by atoms with Crippen LogP contribution in [0.4, 0.5) is 0 Å². The van der Waals surface area contributed by atoms with E-state index in [2.05, 4.69) is 10.6 Å². The Labute approximate surface area is 220 Å². The first-order valence-electron chi connectivity index (χ1n) is 12.4. The standard InChI is InChI=1S/C25H32ClN3O8/c26-10-3-1-2-4-12-35-14-15-36-13-11-27-21(31)16-37-19-7-5-6-17-22(19)25(34)29(24(17)33)18-8-9-20(30)28-23(18)32/h5-7,18H,1-4,8-16H2,(H,27,31)(H,28,30,32). The van der Waals surface area contributed by atoms with Crippen molar-refractivity contribution in [2.75, 3.05) is 45.5 Å². The second kappa shape index (κ2) is 14.7. The fraction of sp³-hybridized carbons (Fsp3) is 0.560. The first kappa shape index (κ1) is 28.5. The Morgan fingerprint density at radius 3 is 2.51 bits per heavy atom. The number of nitrogens with zero attached hydrogens (tertiary/aromatic N) is 1. The summed E-state index contributed by atoms with van der Waals surface area (Å²) in [6.07, 6.45) is 4.30. The van der Waals surface area contributed by atoms with E-state index in [0.29, 0.717) is 32.3 Å². The van der Waals surface area contributed by atoms with Crippen LogP contribution in [0.1, 0.15) is 59.2 Å². The minimum absolute atomic E-state index is 0.00705. The molecule has 0 bridgehead atoms. The minimum atomic E-state index is -1.08. The van der Waals surface area contributed by atoms with Crippen molar-refractivity contribution in [2.24, 2.45) is 0 Å². The van der Waals surface area contributed by atoms with E-state index in [4.69, 9.17) is 25.8 Å². The molecule has 0 spiro atoms. The molecule has 1 saturated heterocycles. The summed E-state index contributed by atoms with van der Waals surface area (Å²) in [5.74, 6) is -2.15. The molecule has 0 aliphatic carbocycles. The van der Waals surface area contributed by atoms with Gasteiger partial charge in [-0.2, -0.15) is 0 Å². The van der Waals surface area contributed by atoms with Gasteiger partial charge in [0.2, 0.25) is 11.8 Å². The molecule has 37 heavy (non-hydrogen) atoms. The molecule has 0 aromatic heterocycles. The summed E-state index contributed by atoms with van der Waals surface area (Å²) in [6.45, 7) is 1.79. The molecule has 1 unspecified atom stereocenters. The van der Waals surface area contributed by atoms with Crippen LogP contribution in [0.25, 0.3) is 0 Å². The molecule has 0 radical (unpaired) electrons. The van der Waals surface area contributed by atoms with Crippen LogP contribution in [-0.4, -0.2) is 85.9 Å². The molecule has 1 fully saturated rings. The highest BCUT2D eigenvalue weighted by Gasteiger charge is 2.46.